The van der Waals surface area contributed by atoms with Crippen molar-refractivity contribution < 1.29 is 40.6 Å². The Morgan fingerprint density at radius 2 is 0.444 bits per heavy atom. The molecule has 0 amide bonds. The first-order valence-corrected chi connectivity index (χ1v) is 11.1. The summed E-state index contributed by atoms with van der Waals surface area (Å²) in [6.07, 6.45) is 0. The van der Waals surface area contributed by atoms with Crippen molar-refractivity contribution in [3.63, 3.8) is 0 Å². The van der Waals surface area contributed by atoms with Crippen molar-refractivity contribution in [2.75, 3.05) is 0 Å². The van der Waals surface area contributed by atoms with E-state index in [1.807, 2.05) is 0 Å². The summed E-state index contributed by atoms with van der Waals surface area (Å²) >= 11 is -15.4. The van der Waals surface area contributed by atoms with Gasteiger partial charge in [-0.05, 0) is 0 Å². The summed E-state index contributed by atoms with van der Waals surface area (Å²) in [5, 5.41) is 0. The first-order valence-electron chi connectivity index (χ1n) is 2.14. The molecule has 0 aromatic heterocycles. The van der Waals surface area contributed by atoms with Crippen LogP contribution in [0.1, 0.15) is 0 Å². The van der Waals surface area contributed by atoms with Crippen LogP contribution < -0.4 is 0 Å². The van der Waals surface area contributed by atoms with Crippen LogP contribution in [-0.2, 0) is 14.1 Å². The van der Waals surface area contributed by atoms with Crippen LogP contribution in [0.2, 0.25) is 0 Å². The van der Waals surface area contributed by atoms with Gasteiger partial charge in [-0.1, -0.05) is 0 Å². The van der Waals surface area contributed by atoms with E-state index in [2.05, 4.69) is 0 Å². The average molecular weight is 217 g/mol. The van der Waals surface area contributed by atoms with Crippen molar-refractivity contribution in [2.24, 2.45) is 0 Å². The molecule has 58 valence electrons. The molecule has 0 aliphatic heterocycles. The molecule has 0 N–H and O–H groups in total. The Balaban J connectivity index is 5.84. The van der Waals surface area contributed by atoms with Gasteiger partial charge >= 0.3 is 40.6 Å². The number of hydrogen-bond donors (Lipinski definition) is 0. The summed E-state index contributed by atoms with van der Waals surface area (Å²) in [4.78, 5) is 0. The third-order valence-corrected chi connectivity index (χ3v) is 0. The summed E-state index contributed by atoms with van der Waals surface area (Å²) in [5.74, 6) is 0. The molecule has 0 heterocycles. The fourth-order valence-electron chi connectivity index (χ4n) is 0. The standard InChI is InChI=1S/8FH.Zn/h8*1H;/q;;;;;;;;+8/p-8. The van der Waals surface area contributed by atoms with Gasteiger partial charge in [0.15, 0.2) is 0 Å². The Morgan fingerprint density at radius 3 is 0.444 bits per heavy atom. The minimum atomic E-state index is -15.4. The van der Waals surface area contributed by atoms with Gasteiger partial charge in [-0.15, -0.1) is 0 Å². The van der Waals surface area contributed by atoms with Gasteiger partial charge in [0.05, 0.1) is 0 Å². The molecule has 0 saturated heterocycles. The van der Waals surface area contributed by atoms with Gasteiger partial charge in [-0.25, -0.2) is 0 Å². The number of rotatable bonds is 0. The molecule has 0 aromatic carbocycles. The van der Waals surface area contributed by atoms with Gasteiger partial charge in [0.25, 0.3) is 0 Å². The predicted molar refractivity (Wildman–Crippen MR) is 8.86 cm³/mol. The van der Waals surface area contributed by atoms with Crippen LogP contribution >= 0.6 is 0 Å². The van der Waals surface area contributed by atoms with Gasteiger partial charge in [-0.2, -0.15) is 0 Å². The zero-order valence-electron chi connectivity index (χ0n) is 3.73. The van der Waals surface area contributed by atoms with Crippen LogP contribution in [0, 0.1) is 0 Å². The van der Waals surface area contributed by atoms with Crippen LogP contribution in [0.5, 0.6) is 0 Å². The molecule has 0 radical (unpaired) electrons. The van der Waals surface area contributed by atoms with E-state index < -0.39 is 14.1 Å². The molecule has 0 unspecified atom stereocenters. The quantitative estimate of drug-likeness (QED) is 0.431. The molecule has 0 nitrogen and oxygen atoms in total. The van der Waals surface area contributed by atoms with E-state index in [0.29, 0.717) is 0 Å². The van der Waals surface area contributed by atoms with E-state index in [-0.39, 0.29) is 0 Å². The molecule has 0 saturated carbocycles. The second-order valence-electron chi connectivity index (χ2n) is 2.83. The van der Waals surface area contributed by atoms with Gasteiger partial charge in [0, 0.05) is 0 Å². The second-order valence-corrected chi connectivity index (χ2v) is 14.7. The van der Waals surface area contributed by atoms with Crippen LogP contribution in [0.15, 0.2) is 0 Å². The monoisotopic (exact) mass is 216 g/mol. The summed E-state index contributed by atoms with van der Waals surface area (Å²) in [6.45, 7) is 0. The van der Waals surface area contributed by atoms with Gasteiger partial charge < -0.3 is 0 Å². The molecular formula is F8Zn. The average Bonchev–Trinajstić information content (AvgIpc) is 0.503. The maximum absolute atomic E-state index is 15.4. The molecule has 9 heteroatoms. The van der Waals surface area contributed by atoms with Crippen LogP contribution in [0.25, 0.3) is 0 Å². The molecule has 0 aliphatic carbocycles. The molecule has 0 aromatic rings. The second kappa shape index (κ2) is 0.511. The Bertz CT molecular complexity index is 139. The first-order chi connectivity index (χ1) is 2.83. The molecular weight excluding hydrogens is 217 g/mol. The van der Waals surface area contributed by atoms with Crippen molar-refractivity contribution in [1.29, 1.82) is 0 Å². The third kappa shape index (κ3) is 73800. The maximum atomic E-state index is 9.95. The Hall–Kier alpha value is 0.0634. The van der Waals surface area contributed by atoms with Crippen LogP contribution in [-0.4, -0.2) is 0 Å². The Morgan fingerprint density at radius 1 is 0.444 bits per heavy atom. The fourth-order valence-corrected chi connectivity index (χ4v) is 0. The van der Waals surface area contributed by atoms with Crippen LogP contribution in [0.4, 0.5) is 26.5 Å². The minimum absolute atomic E-state index is 9.95. The fraction of sp³-hybridized carbons (Fsp3) is 0. The zero-order chi connectivity index (χ0) is 8.35. The van der Waals surface area contributed by atoms with Gasteiger partial charge in [0.1, 0.15) is 0 Å². The summed E-state index contributed by atoms with van der Waals surface area (Å²) in [5.41, 5.74) is 0. The topological polar surface area (TPSA) is 0 Å². The summed E-state index contributed by atoms with van der Waals surface area (Å²) in [6, 6.07) is 0. The van der Waals surface area contributed by atoms with Crippen molar-refractivity contribution >= 4 is 0 Å². The Kier molecular flexibility index (Phi) is 0.514. The molecule has 0 rings (SSSR count). The number of hydrogen-bond acceptors (Lipinski definition) is 0. The predicted octanol–water partition coefficient (Wildman–Crippen LogP) is 3.36. The zero-order valence-corrected chi connectivity index (χ0v) is 6.70. The van der Waals surface area contributed by atoms with E-state index >= 15 is 0 Å². The van der Waals surface area contributed by atoms with Crippen molar-refractivity contribution in [3.8, 4) is 0 Å². The first kappa shape index (κ1) is 9.06. The molecule has 0 fully saturated rings. The summed E-state index contributed by atoms with van der Waals surface area (Å²) < 4.78 is 79.6. The van der Waals surface area contributed by atoms with E-state index in [0.717, 1.165) is 0 Å². The number of halogens is 8. The van der Waals surface area contributed by atoms with E-state index in [4.69, 9.17) is 0 Å². The van der Waals surface area contributed by atoms with Gasteiger partial charge in [-0.3, -0.25) is 0 Å². The molecule has 9 heavy (non-hydrogen) atoms. The van der Waals surface area contributed by atoms with E-state index in [1.165, 1.54) is 0 Å². The van der Waals surface area contributed by atoms with Crippen molar-refractivity contribution in [2.45, 2.75) is 0 Å². The van der Waals surface area contributed by atoms with Crippen LogP contribution in [0.3, 0.4) is 0 Å². The summed E-state index contributed by atoms with van der Waals surface area (Å²) in [7, 11) is 0. The van der Waals surface area contributed by atoms with E-state index in [9.17, 15) is 26.5 Å². The molecule has 0 spiro atoms. The van der Waals surface area contributed by atoms with Gasteiger partial charge in [0.2, 0.25) is 0 Å². The third-order valence-electron chi connectivity index (χ3n) is 0. The molecule has 0 atom stereocenters. The molecule has 0 bridgehead atoms. The SMILES string of the molecule is [F][Zn]([F])([F])([F])([F])([F])([F])[F]. The van der Waals surface area contributed by atoms with Crippen molar-refractivity contribution in [3.05, 3.63) is 0 Å². The van der Waals surface area contributed by atoms with Crippen molar-refractivity contribution in [1.82, 2.24) is 0 Å². The van der Waals surface area contributed by atoms with E-state index in [1.54, 1.807) is 0 Å². The molecule has 0 aliphatic rings. The Labute approximate surface area is 41.6 Å². The normalized spacial score (nSPS) is 31.1.